The minimum Gasteiger partial charge on any atom is -0.491 e. The second kappa shape index (κ2) is 9.02. The number of rotatable bonds is 7. The van der Waals surface area contributed by atoms with Gasteiger partial charge in [0.1, 0.15) is 20.4 Å². The molecule has 1 aromatic carbocycles. The minimum atomic E-state index is -1.54. The van der Waals surface area contributed by atoms with Crippen LogP contribution in [0.15, 0.2) is 18.2 Å². The zero-order valence-corrected chi connectivity index (χ0v) is 17.4. The van der Waals surface area contributed by atoms with Gasteiger partial charge in [-0.05, 0) is 33.8 Å². The first kappa shape index (κ1) is 21.2. The van der Waals surface area contributed by atoms with Gasteiger partial charge >= 0.3 is 0 Å². The number of nitro benzene ring substituents is 1. The van der Waals surface area contributed by atoms with Gasteiger partial charge in [0.05, 0.1) is 16.6 Å². The van der Waals surface area contributed by atoms with E-state index in [1.165, 1.54) is 12.1 Å². The fraction of sp³-hybridized carbons (Fsp3) is 0.579. The molecule has 0 aliphatic heterocycles. The van der Waals surface area contributed by atoms with Gasteiger partial charge in [-0.2, -0.15) is 0 Å². The van der Waals surface area contributed by atoms with Crippen molar-refractivity contribution in [1.82, 2.24) is 4.90 Å². The Labute approximate surface area is 152 Å². The minimum absolute atomic E-state index is 0.0260. The van der Waals surface area contributed by atoms with Crippen LogP contribution in [0.2, 0.25) is 19.6 Å². The lowest BCUT2D eigenvalue weighted by molar-refractivity contribution is -0.384. The Bertz CT molecular complexity index is 647. The monoisotopic (exact) mass is 362 g/mol. The molecule has 138 valence electrons. The number of hydrogen-bond donors (Lipinski definition) is 0. The van der Waals surface area contributed by atoms with E-state index in [1.807, 2.05) is 0 Å². The van der Waals surface area contributed by atoms with Gasteiger partial charge in [0.2, 0.25) is 0 Å². The second-order valence-electron chi connectivity index (χ2n) is 7.71. The highest BCUT2D eigenvalue weighted by atomic mass is 28.3. The van der Waals surface area contributed by atoms with E-state index in [0.717, 1.165) is 6.54 Å². The molecule has 0 unspecified atom stereocenters. The molecule has 1 rings (SSSR count). The maximum atomic E-state index is 11.1. The molecule has 0 aliphatic carbocycles. The van der Waals surface area contributed by atoms with Crippen LogP contribution in [0.3, 0.4) is 0 Å². The molecule has 0 aliphatic rings. The van der Waals surface area contributed by atoms with Crippen LogP contribution in [0.5, 0.6) is 5.75 Å². The summed E-state index contributed by atoms with van der Waals surface area (Å²) in [7, 11) is -1.54. The van der Waals surface area contributed by atoms with Crippen LogP contribution in [0.25, 0.3) is 0 Å². The number of nitro groups is 1. The molecule has 0 spiro atoms. The van der Waals surface area contributed by atoms with Gasteiger partial charge in [-0.15, -0.1) is 5.54 Å². The Hall–Kier alpha value is -1.84. The Morgan fingerprint density at radius 2 is 1.80 bits per heavy atom. The number of nitrogens with zero attached hydrogens (tertiary/aromatic N) is 2. The summed E-state index contributed by atoms with van der Waals surface area (Å²) in [5.74, 6) is 3.65. The number of benzene rings is 1. The third kappa shape index (κ3) is 7.28. The van der Waals surface area contributed by atoms with Gasteiger partial charge in [-0.3, -0.25) is 15.0 Å². The van der Waals surface area contributed by atoms with Gasteiger partial charge in [-0.25, -0.2) is 0 Å². The van der Waals surface area contributed by atoms with Crippen molar-refractivity contribution in [2.75, 3.05) is 13.2 Å². The highest BCUT2D eigenvalue weighted by molar-refractivity contribution is 6.83. The van der Waals surface area contributed by atoms with Crippen LogP contribution in [-0.2, 0) is 0 Å². The van der Waals surface area contributed by atoms with Crippen molar-refractivity contribution in [3.8, 4) is 17.2 Å². The molecule has 0 bridgehead atoms. The molecule has 0 radical (unpaired) electrons. The Balaban J connectivity index is 2.99. The number of hydrogen-bond acceptors (Lipinski definition) is 4. The van der Waals surface area contributed by atoms with E-state index in [9.17, 15) is 10.1 Å². The molecule has 25 heavy (non-hydrogen) atoms. The summed E-state index contributed by atoms with van der Waals surface area (Å²) < 4.78 is 5.89. The SMILES string of the molecule is CC(C)N(CCOc1cc([N+](=O)[O-])ccc1C#C[Si](C)(C)C)C(C)C. The average Bonchev–Trinajstić information content (AvgIpc) is 2.48. The van der Waals surface area contributed by atoms with Crippen LogP contribution in [0.1, 0.15) is 33.3 Å². The van der Waals surface area contributed by atoms with Crippen molar-refractivity contribution in [2.45, 2.75) is 59.4 Å². The molecule has 0 atom stereocenters. The molecule has 0 N–H and O–H groups in total. The number of ether oxygens (including phenoxy) is 1. The zero-order chi connectivity index (χ0) is 19.2. The van der Waals surface area contributed by atoms with Crippen molar-refractivity contribution in [1.29, 1.82) is 0 Å². The van der Waals surface area contributed by atoms with Gasteiger partial charge in [0.25, 0.3) is 5.69 Å². The lowest BCUT2D eigenvalue weighted by Crippen LogP contribution is -2.39. The average molecular weight is 363 g/mol. The molecule has 0 fully saturated rings. The molecule has 6 heteroatoms. The smallest absolute Gasteiger partial charge is 0.273 e. The predicted octanol–water partition coefficient (Wildman–Crippen LogP) is 4.32. The summed E-state index contributed by atoms with van der Waals surface area (Å²) >= 11 is 0. The topological polar surface area (TPSA) is 55.6 Å². The van der Waals surface area contributed by atoms with Crippen molar-refractivity contribution in [2.24, 2.45) is 0 Å². The van der Waals surface area contributed by atoms with E-state index < -0.39 is 13.0 Å². The molecule has 0 heterocycles. The maximum Gasteiger partial charge on any atom is 0.273 e. The summed E-state index contributed by atoms with van der Waals surface area (Å²) in [4.78, 5) is 13.0. The Kier molecular flexibility index (Phi) is 7.65. The van der Waals surface area contributed by atoms with E-state index in [0.29, 0.717) is 30.0 Å². The Morgan fingerprint density at radius 1 is 1.20 bits per heavy atom. The van der Waals surface area contributed by atoms with Crippen LogP contribution < -0.4 is 4.74 Å². The third-order valence-electron chi connectivity index (χ3n) is 3.68. The highest BCUT2D eigenvalue weighted by Gasteiger charge is 2.15. The van der Waals surface area contributed by atoms with Crippen molar-refractivity contribution in [3.63, 3.8) is 0 Å². The molecule has 0 saturated heterocycles. The quantitative estimate of drug-likeness (QED) is 0.314. The van der Waals surface area contributed by atoms with Gasteiger partial charge in [-0.1, -0.05) is 25.6 Å². The lowest BCUT2D eigenvalue weighted by atomic mass is 10.2. The van der Waals surface area contributed by atoms with E-state index >= 15 is 0 Å². The van der Waals surface area contributed by atoms with Gasteiger partial charge < -0.3 is 4.74 Å². The van der Waals surface area contributed by atoms with Crippen molar-refractivity contribution < 1.29 is 9.66 Å². The molecular weight excluding hydrogens is 332 g/mol. The van der Waals surface area contributed by atoms with Gasteiger partial charge in [0.15, 0.2) is 0 Å². The number of non-ortho nitro benzene ring substituents is 1. The van der Waals surface area contributed by atoms with Crippen molar-refractivity contribution >= 4 is 13.8 Å². The van der Waals surface area contributed by atoms with E-state index in [4.69, 9.17) is 4.74 Å². The van der Waals surface area contributed by atoms with E-state index in [-0.39, 0.29) is 5.69 Å². The van der Waals surface area contributed by atoms with Crippen LogP contribution >= 0.6 is 0 Å². The lowest BCUT2D eigenvalue weighted by Gasteiger charge is -2.30. The fourth-order valence-corrected chi connectivity index (χ4v) is 2.99. The second-order valence-corrected chi connectivity index (χ2v) is 12.5. The molecule has 0 aromatic heterocycles. The summed E-state index contributed by atoms with van der Waals surface area (Å²) in [5, 5.41) is 11.1. The molecule has 5 nitrogen and oxygen atoms in total. The van der Waals surface area contributed by atoms with E-state index in [2.05, 4.69) is 63.7 Å². The third-order valence-corrected chi connectivity index (χ3v) is 4.56. The first-order chi connectivity index (χ1) is 11.5. The normalized spacial score (nSPS) is 11.6. The van der Waals surface area contributed by atoms with Crippen LogP contribution in [-0.4, -0.2) is 43.1 Å². The van der Waals surface area contributed by atoms with Crippen molar-refractivity contribution in [3.05, 3.63) is 33.9 Å². The molecule has 1 aromatic rings. The molecule has 0 amide bonds. The molecular formula is C19H30N2O3Si. The summed E-state index contributed by atoms with van der Waals surface area (Å²) in [6.45, 7) is 16.3. The van der Waals surface area contributed by atoms with Gasteiger partial charge in [0, 0.05) is 24.7 Å². The summed E-state index contributed by atoms with van der Waals surface area (Å²) in [5.41, 5.74) is 4.03. The molecule has 0 saturated carbocycles. The van der Waals surface area contributed by atoms with Crippen LogP contribution in [0, 0.1) is 21.6 Å². The fourth-order valence-electron chi connectivity index (χ4n) is 2.48. The first-order valence-electron chi connectivity index (χ1n) is 8.71. The Morgan fingerprint density at radius 3 is 2.28 bits per heavy atom. The highest BCUT2D eigenvalue weighted by Crippen LogP contribution is 2.24. The first-order valence-corrected chi connectivity index (χ1v) is 12.2. The largest absolute Gasteiger partial charge is 0.491 e. The van der Waals surface area contributed by atoms with E-state index in [1.54, 1.807) is 6.07 Å². The summed E-state index contributed by atoms with van der Waals surface area (Å²) in [6, 6.07) is 5.47. The van der Waals surface area contributed by atoms with Crippen LogP contribution in [0.4, 0.5) is 5.69 Å². The maximum absolute atomic E-state index is 11.1. The predicted molar refractivity (Wildman–Crippen MR) is 106 cm³/mol. The summed E-state index contributed by atoms with van der Waals surface area (Å²) in [6.07, 6.45) is 0. The zero-order valence-electron chi connectivity index (χ0n) is 16.4. The standard InChI is InChI=1S/C19H30N2O3Si/c1-15(2)20(16(3)4)11-12-24-19-14-18(21(22)23)9-8-17(19)10-13-25(5,6)7/h8-9,14-16H,11-12H2,1-7H3.